The molecule has 9 nitrogen and oxygen atoms in total. The number of piperidine rings is 1. The Morgan fingerprint density at radius 1 is 1.23 bits per heavy atom. The van der Waals surface area contributed by atoms with Crippen molar-refractivity contribution in [1.29, 1.82) is 0 Å². The van der Waals surface area contributed by atoms with Gasteiger partial charge in [-0.1, -0.05) is 5.21 Å². The smallest absolute Gasteiger partial charge is 0.172 e. The van der Waals surface area contributed by atoms with E-state index in [4.69, 9.17) is 4.74 Å². The maximum atomic E-state index is 14.6. The predicted octanol–water partition coefficient (Wildman–Crippen LogP) is 3.21. The SMILES string of the molecule is Cc1c(-c2cc(OC(CO)c3ccc(F)cn3)c3c(F)cnn3c2)nnn1C1(C)CCNCC1.Cl. The summed E-state index contributed by atoms with van der Waals surface area (Å²) in [6.45, 7) is 5.49. The number of aliphatic hydroxyl groups excluding tert-OH is 1. The quantitative estimate of drug-likeness (QED) is 0.415. The van der Waals surface area contributed by atoms with Gasteiger partial charge in [-0.15, -0.1) is 17.5 Å². The number of aliphatic hydroxyl groups is 1. The molecule has 186 valence electrons. The largest absolute Gasteiger partial charge is 0.479 e. The van der Waals surface area contributed by atoms with E-state index < -0.39 is 24.3 Å². The van der Waals surface area contributed by atoms with E-state index in [1.165, 1.54) is 16.6 Å². The summed E-state index contributed by atoms with van der Waals surface area (Å²) in [5.41, 5.74) is 2.41. The number of nitrogens with zero attached hydrogens (tertiary/aromatic N) is 6. The molecule has 2 N–H and O–H groups in total. The fourth-order valence-electron chi connectivity index (χ4n) is 4.48. The van der Waals surface area contributed by atoms with Crippen LogP contribution in [0.25, 0.3) is 16.8 Å². The molecule has 0 aliphatic carbocycles. The number of halogens is 3. The summed E-state index contributed by atoms with van der Waals surface area (Å²) >= 11 is 0. The lowest BCUT2D eigenvalue weighted by molar-refractivity contribution is 0.114. The predicted molar refractivity (Wildman–Crippen MR) is 127 cm³/mol. The van der Waals surface area contributed by atoms with Crippen molar-refractivity contribution in [3.63, 3.8) is 0 Å². The zero-order valence-corrected chi connectivity index (χ0v) is 20.1. The van der Waals surface area contributed by atoms with E-state index in [0.717, 1.165) is 44.0 Å². The molecule has 1 aliphatic heterocycles. The number of rotatable bonds is 6. The lowest BCUT2D eigenvalue weighted by atomic mass is 9.90. The molecular weight excluding hydrogens is 480 g/mol. The third kappa shape index (κ3) is 4.58. The summed E-state index contributed by atoms with van der Waals surface area (Å²) in [7, 11) is 0. The first kappa shape index (κ1) is 25.0. The first-order valence-corrected chi connectivity index (χ1v) is 11.1. The average Bonchev–Trinajstić information content (AvgIpc) is 3.41. The van der Waals surface area contributed by atoms with Crippen molar-refractivity contribution in [2.24, 2.45) is 0 Å². The highest BCUT2D eigenvalue weighted by molar-refractivity contribution is 5.85. The zero-order valence-electron chi connectivity index (χ0n) is 19.3. The van der Waals surface area contributed by atoms with E-state index in [1.807, 2.05) is 11.6 Å². The van der Waals surface area contributed by atoms with Crippen LogP contribution in [-0.2, 0) is 5.54 Å². The Morgan fingerprint density at radius 2 is 2.00 bits per heavy atom. The van der Waals surface area contributed by atoms with E-state index in [-0.39, 0.29) is 29.2 Å². The van der Waals surface area contributed by atoms with Gasteiger partial charge in [0.1, 0.15) is 22.8 Å². The van der Waals surface area contributed by atoms with Crippen LogP contribution in [0.2, 0.25) is 0 Å². The third-order valence-corrected chi connectivity index (χ3v) is 6.41. The van der Waals surface area contributed by atoms with E-state index in [9.17, 15) is 13.9 Å². The number of ether oxygens (including phenoxy) is 1. The molecule has 4 aromatic rings. The van der Waals surface area contributed by atoms with Gasteiger partial charge >= 0.3 is 0 Å². The summed E-state index contributed by atoms with van der Waals surface area (Å²) in [6.07, 6.45) is 4.72. The van der Waals surface area contributed by atoms with Gasteiger partial charge in [-0.05, 0) is 58.0 Å². The third-order valence-electron chi connectivity index (χ3n) is 6.41. The molecule has 1 aliphatic rings. The molecule has 4 aromatic heterocycles. The van der Waals surface area contributed by atoms with Gasteiger partial charge in [0.15, 0.2) is 11.9 Å². The Kier molecular flexibility index (Phi) is 7.02. The standard InChI is InChI=1S/C23H25F2N7O2.ClH/c1-14-21(29-30-32(14)23(2)5-7-26-8-6-23)15-9-19(22-17(25)11-28-31(22)12-15)34-20(13-33)18-4-3-16(24)10-27-18;/h3-4,9-12,20,26,33H,5-8,13H2,1-2H3;1H. The molecule has 0 aromatic carbocycles. The van der Waals surface area contributed by atoms with Crippen LogP contribution < -0.4 is 10.1 Å². The maximum absolute atomic E-state index is 14.6. The summed E-state index contributed by atoms with van der Waals surface area (Å²) in [5, 5.41) is 26.2. The second-order valence-electron chi connectivity index (χ2n) is 8.75. The lowest BCUT2D eigenvalue weighted by Crippen LogP contribution is -2.43. The van der Waals surface area contributed by atoms with Crippen LogP contribution >= 0.6 is 12.4 Å². The van der Waals surface area contributed by atoms with Crippen LogP contribution in [0.1, 0.15) is 37.3 Å². The molecule has 5 rings (SSSR count). The van der Waals surface area contributed by atoms with Gasteiger partial charge in [0.05, 0.1) is 35.9 Å². The number of hydrogen-bond acceptors (Lipinski definition) is 7. The van der Waals surface area contributed by atoms with Crippen molar-refractivity contribution >= 4 is 17.9 Å². The minimum absolute atomic E-state index is 0. The van der Waals surface area contributed by atoms with Crippen molar-refractivity contribution in [2.75, 3.05) is 19.7 Å². The van der Waals surface area contributed by atoms with Crippen molar-refractivity contribution < 1.29 is 18.6 Å². The van der Waals surface area contributed by atoms with Crippen LogP contribution in [0.3, 0.4) is 0 Å². The van der Waals surface area contributed by atoms with Gasteiger partial charge in [0, 0.05) is 11.8 Å². The Labute approximate surface area is 206 Å². The normalized spacial score (nSPS) is 16.1. The van der Waals surface area contributed by atoms with Crippen molar-refractivity contribution in [3.8, 4) is 17.0 Å². The van der Waals surface area contributed by atoms with Crippen LogP contribution in [0.15, 0.2) is 36.8 Å². The molecule has 0 saturated carbocycles. The van der Waals surface area contributed by atoms with Gasteiger partial charge in [-0.3, -0.25) is 4.98 Å². The van der Waals surface area contributed by atoms with Gasteiger partial charge in [0.2, 0.25) is 0 Å². The van der Waals surface area contributed by atoms with Crippen molar-refractivity contribution in [3.05, 3.63) is 59.8 Å². The van der Waals surface area contributed by atoms with Gasteiger partial charge in [-0.2, -0.15) is 5.10 Å². The van der Waals surface area contributed by atoms with Crippen LogP contribution in [0.5, 0.6) is 5.75 Å². The molecule has 1 unspecified atom stereocenters. The minimum Gasteiger partial charge on any atom is -0.479 e. The van der Waals surface area contributed by atoms with Crippen LogP contribution in [0, 0.1) is 18.6 Å². The highest BCUT2D eigenvalue weighted by Crippen LogP contribution is 2.35. The fraction of sp³-hybridized carbons (Fsp3) is 0.391. The number of pyridine rings is 2. The van der Waals surface area contributed by atoms with E-state index in [0.29, 0.717) is 17.0 Å². The minimum atomic E-state index is -0.931. The zero-order chi connectivity index (χ0) is 23.9. The first-order valence-electron chi connectivity index (χ1n) is 11.1. The van der Waals surface area contributed by atoms with Gasteiger partial charge in [-0.25, -0.2) is 18.0 Å². The van der Waals surface area contributed by atoms with Crippen molar-refractivity contribution in [1.82, 2.24) is 34.9 Å². The molecule has 12 heteroatoms. The monoisotopic (exact) mass is 505 g/mol. The summed E-state index contributed by atoms with van der Waals surface area (Å²) in [5.74, 6) is -0.930. The van der Waals surface area contributed by atoms with Crippen LogP contribution in [-0.4, -0.2) is 54.4 Å². The second-order valence-corrected chi connectivity index (χ2v) is 8.75. The Hall–Kier alpha value is -3.15. The highest BCUT2D eigenvalue weighted by atomic mass is 35.5. The molecule has 5 heterocycles. The molecule has 35 heavy (non-hydrogen) atoms. The van der Waals surface area contributed by atoms with Crippen LogP contribution in [0.4, 0.5) is 8.78 Å². The van der Waals surface area contributed by atoms with E-state index in [1.54, 1.807) is 12.3 Å². The molecular formula is C23H26ClF2N7O2. The van der Waals surface area contributed by atoms with E-state index >= 15 is 0 Å². The van der Waals surface area contributed by atoms with Gasteiger partial charge in [0.25, 0.3) is 0 Å². The molecule has 0 radical (unpaired) electrons. The van der Waals surface area contributed by atoms with E-state index in [2.05, 4.69) is 32.6 Å². The number of aromatic nitrogens is 6. The lowest BCUT2D eigenvalue weighted by Gasteiger charge is -2.34. The average molecular weight is 506 g/mol. The molecule has 0 bridgehead atoms. The Balaban J connectivity index is 0.00000289. The number of hydrogen-bond donors (Lipinski definition) is 2. The number of nitrogens with one attached hydrogen (secondary N) is 1. The Bertz CT molecular complexity index is 1320. The Morgan fingerprint density at radius 3 is 2.69 bits per heavy atom. The summed E-state index contributed by atoms with van der Waals surface area (Å²) < 4.78 is 37.2. The second kappa shape index (κ2) is 9.84. The molecule has 1 atom stereocenters. The molecule has 0 spiro atoms. The molecule has 1 saturated heterocycles. The first-order chi connectivity index (χ1) is 16.4. The number of fused-ring (bicyclic) bond motifs is 1. The topological polar surface area (TPSA) is 102 Å². The van der Waals surface area contributed by atoms with Crippen molar-refractivity contribution in [2.45, 2.75) is 38.3 Å². The fourth-order valence-corrected chi connectivity index (χ4v) is 4.48. The van der Waals surface area contributed by atoms with Gasteiger partial charge < -0.3 is 15.2 Å². The summed E-state index contributed by atoms with van der Waals surface area (Å²) in [6, 6.07) is 4.29. The molecule has 0 amide bonds. The maximum Gasteiger partial charge on any atom is 0.172 e. The molecule has 1 fully saturated rings. The summed E-state index contributed by atoms with van der Waals surface area (Å²) in [4.78, 5) is 3.99. The highest BCUT2D eigenvalue weighted by Gasteiger charge is 2.32.